The summed E-state index contributed by atoms with van der Waals surface area (Å²) in [4.78, 5) is 26.2. The number of pyridine rings is 1. The standard InChI is InChI=1S/C30H35IN4O4S2/c1-20-17-21(22-8-12-27(32-19-22)34(5)6)7-10-24(20)28-33-25-11-9-23(18-26(25)40-28)35(29(36)39-30(2,3)4)13-14-37-15-16-38-41-31/h7-12,17-19H,13-16H2,1-6H3. The van der Waals surface area contributed by atoms with Crippen LogP contribution >= 0.6 is 41.8 Å². The molecule has 0 radical (unpaired) electrons. The Balaban J connectivity index is 1.56. The number of halogens is 1. The molecule has 218 valence electrons. The summed E-state index contributed by atoms with van der Waals surface area (Å²) >= 11 is 3.68. The van der Waals surface area contributed by atoms with Crippen LogP contribution in [0.2, 0.25) is 0 Å². The second-order valence-electron chi connectivity index (χ2n) is 10.6. The van der Waals surface area contributed by atoms with Gasteiger partial charge in [-0.15, -0.1) is 11.3 Å². The zero-order valence-electron chi connectivity index (χ0n) is 24.1. The molecule has 2 aromatic heterocycles. The fourth-order valence-corrected chi connectivity index (χ4v) is 5.89. The maximum Gasteiger partial charge on any atom is 0.414 e. The Kier molecular flexibility index (Phi) is 10.9. The molecule has 0 fully saturated rings. The zero-order chi connectivity index (χ0) is 29.6. The topological polar surface area (TPSA) is 77.0 Å². The molecule has 2 aromatic carbocycles. The van der Waals surface area contributed by atoms with Crippen molar-refractivity contribution in [2.75, 3.05) is 50.3 Å². The number of aromatic nitrogens is 2. The molecule has 4 aromatic rings. The minimum absolute atomic E-state index is 0.356. The average molecular weight is 707 g/mol. The van der Waals surface area contributed by atoms with E-state index in [0.29, 0.717) is 26.4 Å². The van der Waals surface area contributed by atoms with Gasteiger partial charge in [-0.05, 0) is 69.2 Å². The van der Waals surface area contributed by atoms with Gasteiger partial charge in [0, 0.05) is 58.3 Å². The van der Waals surface area contributed by atoms with Crippen molar-refractivity contribution in [2.45, 2.75) is 33.3 Å². The summed E-state index contributed by atoms with van der Waals surface area (Å²) in [6, 6.07) is 16.4. The number of hydrogen-bond acceptors (Lipinski definition) is 9. The molecule has 0 aliphatic carbocycles. The van der Waals surface area contributed by atoms with E-state index < -0.39 is 11.7 Å². The van der Waals surface area contributed by atoms with Gasteiger partial charge in [-0.1, -0.05) is 18.2 Å². The summed E-state index contributed by atoms with van der Waals surface area (Å²) in [5, 5.41) is 0.933. The van der Waals surface area contributed by atoms with E-state index in [0.717, 1.165) is 49.0 Å². The van der Waals surface area contributed by atoms with Crippen LogP contribution in [0.1, 0.15) is 26.3 Å². The van der Waals surface area contributed by atoms with Crippen molar-refractivity contribution in [2.24, 2.45) is 0 Å². The van der Waals surface area contributed by atoms with Crippen molar-refractivity contribution in [1.29, 1.82) is 0 Å². The van der Waals surface area contributed by atoms with Crippen LogP contribution < -0.4 is 9.80 Å². The van der Waals surface area contributed by atoms with E-state index in [9.17, 15) is 4.79 Å². The zero-order valence-corrected chi connectivity index (χ0v) is 27.9. The number of aryl methyl sites for hydroxylation is 1. The van der Waals surface area contributed by atoms with Gasteiger partial charge < -0.3 is 18.6 Å². The van der Waals surface area contributed by atoms with Gasteiger partial charge >= 0.3 is 6.09 Å². The van der Waals surface area contributed by atoms with Gasteiger partial charge in [0.25, 0.3) is 0 Å². The Morgan fingerprint density at radius 2 is 1.80 bits per heavy atom. The molecule has 1 amide bonds. The highest BCUT2D eigenvalue weighted by atomic mass is 127. The van der Waals surface area contributed by atoms with Gasteiger partial charge in [-0.2, -0.15) is 0 Å². The van der Waals surface area contributed by atoms with Crippen LogP contribution in [0.4, 0.5) is 16.3 Å². The van der Waals surface area contributed by atoms with Gasteiger partial charge in [0.1, 0.15) is 16.4 Å². The molecule has 8 nitrogen and oxygen atoms in total. The lowest BCUT2D eigenvalue weighted by molar-refractivity contribution is 0.0554. The SMILES string of the molecule is Cc1cc(-c2ccc(N(C)C)nc2)ccc1-c1nc2ccc(N(CCOCCOSI)C(=O)OC(C)(C)C)cc2s1. The summed E-state index contributed by atoms with van der Waals surface area (Å²) in [5.74, 6) is 0.925. The Hall–Kier alpha value is -2.45. The smallest absolute Gasteiger partial charge is 0.414 e. The molecule has 0 bridgehead atoms. The minimum Gasteiger partial charge on any atom is -0.443 e. The molecule has 4 rings (SSSR count). The van der Waals surface area contributed by atoms with E-state index in [1.807, 2.05) is 70.2 Å². The average Bonchev–Trinajstić information content (AvgIpc) is 3.34. The fraction of sp³-hybridized carbons (Fsp3) is 0.367. The molecule has 0 aliphatic heterocycles. The highest BCUT2D eigenvalue weighted by Crippen LogP contribution is 2.36. The summed E-state index contributed by atoms with van der Waals surface area (Å²) in [6.07, 6.45) is 1.49. The number of fused-ring (bicyclic) bond motifs is 1. The highest BCUT2D eigenvalue weighted by Gasteiger charge is 2.24. The van der Waals surface area contributed by atoms with Crippen molar-refractivity contribution >= 4 is 69.6 Å². The molecule has 0 unspecified atom stereocenters. The molecule has 11 heteroatoms. The lowest BCUT2D eigenvalue weighted by Gasteiger charge is -2.27. The number of carbonyl (C=O) groups excluding carboxylic acids is 1. The predicted octanol–water partition coefficient (Wildman–Crippen LogP) is 8.17. The maximum absolute atomic E-state index is 13.1. The lowest BCUT2D eigenvalue weighted by atomic mass is 10.0. The van der Waals surface area contributed by atoms with Crippen LogP contribution in [0.3, 0.4) is 0 Å². The van der Waals surface area contributed by atoms with Gasteiger partial charge in [0.15, 0.2) is 0 Å². The molecule has 0 saturated heterocycles. The van der Waals surface area contributed by atoms with Crippen LogP contribution in [-0.4, -0.2) is 62.1 Å². The van der Waals surface area contributed by atoms with Crippen molar-refractivity contribution in [3.05, 3.63) is 60.3 Å². The van der Waals surface area contributed by atoms with Gasteiger partial charge in [0.2, 0.25) is 0 Å². The van der Waals surface area contributed by atoms with E-state index in [1.54, 1.807) is 16.2 Å². The van der Waals surface area contributed by atoms with Crippen LogP contribution in [0.15, 0.2) is 54.7 Å². The van der Waals surface area contributed by atoms with Gasteiger partial charge in [-0.3, -0.25) is 4.90 Å². The summed E-state index contributed by atoms with van der Waals surface area (Å²) in [6.45, 7) is 9.33. The molecule has 0 aliphatic rings. The van der Waals surface area contributed by atoms with E-state index in [1.165, 1.54) is 9.21 Å². The van der Waals surface area contributed by atoms with E-state index >= 15 is 0 Å². The molecule has 41 heavy (non-hydrogen) atoms. The summed E-state index contributed by atoms with van der Waals surface area (Å²) < 4.78 is 17.6. The summed E-state index contributed by atoms with van der Waals surface area (Å²) in [7, 11) is 5.24. The number of ether oxygens (including phenoxy) is 2. The Morgan fingerprint density at radius 3 is 2.46 bits per heavy atom. The number of hydrogen-bond donors (Lipinski definition) is 0. The van der Waals surface area contributed by atoms with E-state index in [2.05, 4.69) is 57.4 Å². The molecule has 0 saturated carbocycles. The Labute approximate surface area is 262 Å². The normalized spacial score (nSPS) is 11.6. The molecular formula is C30H35IN4O4S2. The molecule has 0 spiro atoms. The maximum atomic E-state index is 13.1. The molecular weight excluding hydrogens is 671 g/mol. The number of amides is 1. The molecule has 0 N–H and O–H groups in total. The second-order valence-corrected chi connectivity index (χ2v) is 13.1. The fourth-order valence-electron chi connectivity index (χ4n) is 4.13. The quantitative estimate of drug-likeness (QED) is 0.0879. The van der Waals surface area contributed by atoms with Gasteiger partial charge in [-0.25, -0.2) is 14.8 Å². The largest absolute Gasteiger partial charge is 0.443 e. The first-order valence-electron chi connectivity index (χ1n) is 13.2. The Morgan fingerprint density at radius 1 is 1.02 bits per heavy atom. The third-order valence-corrected chi connectivity index (χ3v) is 8.18. The van der Waals surface area contributed by atoms with E-state index in [4.69, 9.17) is 18.6 Å². The Bertz CT molecular complexity index is 1470. The summed E-state index contributed by atoms with van der Waals surface area (Å²) in [5.41, 5.74) is 5.41. The number of rotatable bonds is 11. The van der Waals surface area contributed by atoms with E-state index in [-0.39, 0.29) is 0 Å². The number of carbonyl (C=O) groups is 1. The molecule has 2 heterocycles. The lowest BCUT2D eigenvalue weighted by Crippen LogP contribution is -2.39. The third kappa shape index (κ3) is 8.54. The van der Waals surface area contributed by atoms with Crippen LogP contribution in [0.5, 0.6) is 0 Å². The second kappa shape index (κ2) is 14.1. The number of thiazole rings is 1. The number of nitrogens with zero attached hydrogens (tertiary/aromatic N) is 4. The highest BCUT2D eigenvalue weighted by molar-refractivity contribution is 14.2. The van der Waals surface area contributed by atoms with Crippen molar-refractivity contribution < 1.29 is 18.5 Å². The van der Waals surface area contributed by atoms with Crippen LogP contribution in [0, 0.1) is 6.92 Å². The monoisotopic (exact) mass is 706 g/mol. The number of benzene rings is 2. The van der Waals surface area contributed by atoms with Crippen LogP contribution in [-0.2, 0) is 13.7 Å². The van der Waals surface area contributed by atoms with Crippen molar-refractivity contribution in [3.8, 4) is 21.7 Å². The predicted molar refractivity (Wildman–Crippen MR) is 179 cm³/mol. The minimum atomic E-state index is -0.614. The van der Waals surface area contributed by atoms with Crippen molar-refractivity contribution in [3.63, 3.8) is 0 Å². The van der Waals surface area contributed by atoms with Gasteiger partial charge in [0.05, 0.1) is 45.8 Å². The number of anilines is 2. The van der Waals surface area contributed by atoms with Crippen LogP contribution in [0.25, 0.3) is 31.9 Å². The first-order chi connectivity index (χ1) is 19.6. The molecule has 0 atom stereocenters. The van der Waals surface area contributed by atoms with Crippen molar-refractivity contribution in [1.82, 2.24) is 9.97 Å². The third-order valence-electron chi connectivity index (χ3n) is 6.11. The first-order valence-corrected chi connectivity index (χ1v) is 17.3. The first kappa shape index (κ1) is 31.5.